The molecule has 120 valence electrons. The summed E-state index contributed by atoms with van der Waals surface area (Å²) in [4.78, 5) is 12.5. The van der Waals surface area contributed by atoms with Crippen molar-refractivity contribution in [3.8, 4) is 0 Å². The summed E-state index contributed by atoms with van der Waals surface area (Å²) in [5, 5.41) is 0. The van der Waals surface area contributed by atoms with E-state index in [1.54, 1.807) is 12.1 Å². The van der Waals surface area contributed by atoms with Crippen LogP contribution in [0.3, 0.4) is 0 Å². The summed E-state index contributed by atoms with van der Waals surface area (Å²) in [5.41, 5.74) is 2.83. The van der Waals surface area contributed by atoms with Gasteiger partial charge in [0.25, 0.3) is 0 Å². The van der Waals surface area contributed by atoms with Gasteiger partial charge in [0.05, 0.1) is 5.56 Å². The molecule has 23 heavy (non-hydrogen) atoms. The van der Waals surface area contributed by atoms with E-state index >= 15 is 0 Å². The summed E-state index contributed by atoms with van der Waals surface area (Å²) in [6.07, 6.45) is 5.00. The Balaban J connectivity index is 1.77. The van der Waals surface area contributed by atoms with Crippen LogP contribution in [-0.4, -0.2) is 5.78 Å². The minimum atomic E-state index is -0.444. The average Bonchev–Trinajstić information content (AvgIpc) is 2.55. The van der Waals surface area contributed by atoms with Gasteiger partial charge in [-0.1, -0.05) is 50.1 Å². The molecule has 0 bridgehead atoms. The largest absolute Gasteiger partial charge is 0.288 e. The van der Waals surface area contributed by atoms with Gasteiger partial charge < -0.3 is 0 Å². The van der Waals surface area contributed by atoms with E-state index in [9.17, 15) is 9.18 Å². The zero-order chi connectivity index (χ0) is 16.4. The Labute approximate surface area is 137 Å². The van der Waals surface area contributed by atoms with Crippen LogP contribution in [0.5, 0.6) is 0 Å². The van der Waals surface area contributed by atoms with Gasteiger partial charge >= 0.3 is 0 Å². The molecule has 0 spiro atoms. The fourth-order valence-corrected chi connectivity index (χ4v) is 3.46. The molecule has 0 atom stereocenters. The number of carbonyl (C=O) groups is 1. The Hall–Kier alpha value is -1.96. The lowest BCUT2D eigenvalue weighted by molar-refractivity contribution is 0.103. The van der Waals surface area contributed by atoms with E-state index in [0.717, 1.165) is 11.5 Å². The van der Waals surface area contributed by atoms with Crippen molar-refractivity contribution < 1.29 is 9.18 Å². The number of carbonyl (C=O) groups excluding carboxylic acids is 1. The first kappa shape index (κ1) is 15.9. The SMILES string of the molecule is Cc1ccc(C(=O)c2ccc(C3CCC(C)CC3)cc2)c(F)c1. The second kappa shape index (κ2) is 6.66. The van der Waals surface area contributed by atoms with Crippen molar-refractivity contribution in [1.29, 1.82) is 0 Å². The van der Waals surface area contributed by atoms with Crippen LogP contribution < -0.4 is 0 Å². The van der Waals surface area contributed by atoms with Gasteiger partial charge in [-0.3, -0.25) is 4.79 Å². The number of halogens is 1. The molecule has 2 aromatic carbocycles. The molecule has 0 heterocycles. The molecular formula is C21H23FO. The number of hydrogen-bond donors (Lipinski definition) is 0. The molecule has 2 aromatic rings. The summed E-state index contributed by atoms with van der Waals surface area (Å²) in [7, 11) is 0. The predicted octanol–water partition coefficient (Wildman–Crippen LogP) is 5.66. The lowest BCUT2D eigenvalue weighted by atomic mass is 9.79. The van der Waals surface area contributed by atoms with Gasteiger partial charge in [0.2, 0.25) is 0 Å². The van der Waals surface area contributed by atoms with Crippen molar-refractivity contribution in [3.05, 3.63) is 70.5 Å². The highest BCUT2D eigenvalue weighted by Crippen LogP contribution is 2.35. The highest BCUT2D eigenvalue weighted by Gasteiger charge is 2.20. The maximum absolute atomic E-state index is 14.0. The number of aryl methyl sites for hydroxylation is 1. The van der Waals surface area contributed by atoms with Crippen LogP contribution in [0, 0.1) is 18.7 Å². The monoisotopic (exact) mass is 310 g/mol. The summed E-state index contributed by atoms with van der Waals surface area (Å²) in [5.74, 6) is 0.745. The van der Waals surface area contributed by atoms with E-state index in [1.165, 1.54) is 37.3 Å². The van der Waals surface area contributed by atoms with Crippen LogP contribution in [0.1, 0.15) is 65.6 Å². The molecule has 1 nitrogen and oxygen atoms in total. The Morgan fingerprint density at radius 2 is 1.65 bits per heavy atom. The van der Waals surface area contributed by atoms with Crippen molar-refractivity contribution in [2.45, 2.75) is 45.4 Å². The van der Waals surface area contributed by atoms with Crippen molar-refractivity contribution in [2.75, 3.05) is 0 Å². The number of benzene rings is 2. The zero-order valence-corrected chi connectivity index (χ0v) is 13.8. The molecule has 0 aliphatic heterocycles. The fourth-order valence-electron chi connectivity index (χ4n) is 3.46. The van der Waals surface area contributed by atoms with Crippen LogP contribution in [-0.2, 0) is 0 Å². The van der Waals surface area contributed by atoms with Gasteiger partial charge in [-0.15, -0.1) is 0 Å². The molecule has 2 heteroatoms. The predicted molar refractivity (Wildman–Crippen MR) is 91.4 cm³/mol. The molecule has 0 saturated heterocycles. The van der Waals surface area contributed by atoms with Gasteiger partial charge in [-0.2, -0.15) is 0 Å². The smallest absolute Gasteiger partial charge is 0.195 e. The zero-order valence-electron chi connectivity index (χ0n) is 13.8. The Morgan fingerprint density at radius 3 is 2.26 bits per heavy atom. The van der Waals surface area contributed by atoms with E-state index < -0.39 is 5.82 Å². The van der Waals surface area contributed by atoms with E-state index in [4.69, 9.17) is 0 Å². The van der Waals surface area contributed by atoms with Gasteiger partial charge in [-0.05, 0) is 54.9 Å². The fraction of sp³-hybridized carbons (Fsp3) is 0.381. The van der Waals surface area contributed by atoms with Gasteiger partial charge in [0.15, 0.2) is 5.78 Å². The molecule has 0 amide bonds. The summed E-state index contributed by atoms with van der Waals surface area (Å²) >= 11 is 0. The molecule has 1 aliphatic carbocycles. The second-order valence-electron chi connectivity index (χ2n) is 6.89. The molecule has 0 radical (unpaired) electrons. The quantitative estimate of drug-likeness (QED) is 0.669. The third-order valence-corrected chi connectivity index (χ3v) is 5.03. The molecule has 1 fully saturated rings. The molecule has 3 rings (SSSR count). The minimum absolute atomic E-state index is 0.148. The van der Waals surface area contributed by atoms with E-state index in [1.807, 2.05) is 31.2 Å². The first-order valence-corrected chi connectivity index (χ1v) is 8.45. The summed E-state index contributed by atoms with van der Waals surface area (Å²) in [6.45, 7) is 4.13. The third kappa shape index (κ3) is 3.52. The summed E-state index contributed by atoms with van der Waals surface area (Å²) < 4.78 is 14.0. The van der Waals surface area contributed by atoms with Crippen LogP contribution in [0.4, 0.5) is 4.39 Å². The van der Waals surface area contributed by atoms with E-state index in [-0.39, 0.29) is 11.3 Å². The standard InChI is InChI=1S/C21H23FO/c1-14-3-6-16(7-4-14)17-8-10-18(11-9-17)21(23)19-12-5-15(2)13-20(19)22/h5,8-14,16H,3-4,6-7H2,1-2H3. The minimum Gasteiger partial charge on any atom is -0.288 e. The number of hydrogen-bond acceptors (Lipinski definition) is 1. The number of rotatable bonds is 3. The maximum Gasteiger partial charge on any atom is 0.195 e. The van der Waals surface area contributed by atoms with Crippen LogP contribution in [0.25, 0.3) is 0 Å². The van der Waals surface area contributed by atoms with Crippen LogP contribution in [0.15, 0.2) is 42.5 Å². The topological polar surface area (TPSA) is 17.1 Å². The highest BCUT2D eigenvalue weighted by atomic mass is 19.1. The lowest BCUT2D eigenvalue weighted by Crippen LogP contribution is -2.11. The molecule has 0 aromatic heterocycles. The first-order valence-electron chi connectivity index (χ1n) is 8.45. The molecule has 1 aliphatic rings. The Kier molecular flexibility index (Phi) is 4.61. The summed E-state index contributed by atoms with van der Waals surface area (Å²) in [6, 6.07) is 12.5. The molecule has 0 unspecified atom stereocenters. The molecule has 1 saturated carbocycles. The number of ketones is 1. The third-order valence-electron chi connectivity index (χ3n) is 5.03. The second-order valence-corrected chi connectivity index (χ2v) is 6.89. The van der Waals surface area contributed by atoms with Gasteiger partial charge in [0.1, 0.15) is 5.82 Å². The molecular weight excluding hydrogens is 287 g/mol. The van der Waals surface area contributed by atoms with E-state index in [2.05, 4.69) is 6.92 Å². The van der Waals surface area contributed by atoms with Crippen molar-refractivity contribution in [1.82, 2.24) is 0 Å². The Bertz CT molecular complexity index is 694. The highest BCUT2D eigenvalue weighted by molar-refractivity contribution is 6.09. The van der Waals surface area contributed by atoms with Crippen molar-refractivity contribution >= 4 is 5.78 Å². The van der Waals surface area contributed by atoms with Crippen LogP contribution >= 0.6 is 0 Å². The van der Waals surface area contributed by atoms with Crippen LogP contribution in [0.2, 0.25) is 0 Å². The maximum atomic E-state index is 14.0. The van der Waals surface area contributed by atoms with Gasteiger partial charge in [-0.25, -0.2) is 4.39 Å². The first-order chi connectivity index (χ1) is 11.0. The van der Waals surface area contributed by atoms with Gasteiger partial charge in [0, 0.05) is 5.56 Å². The van der Waals surface area contributed by atoms with Crippen molar-refractivity contribution in [2.24, 2.45) is 5.92 Å². The van der Waals surface area contributed by atoms with Crippen molar-refractivity contribution in [3.63, 3.8) is 0 Å². The average molecular weight is 310 g/mol. The Morgan fingerprint density at radius 1 is 1.00 bits per heavy atom. The molecule has 0 N–H and O–H groups in total. The van der Waals surface area contributed by atoms with E-state index in [0.29, 0.717) is 11.5 Å². The normalized spacial score (nSPS) is 21.2. The lowest BCUT2D eigenvalue weighted by Gasteiger charge is -2.26.